The molecule has 0 fully saturated rings. The van der Waals surface area contributed by atoms with Gasteiger partial charge in [0.05, 0.1) is 0 Å². The Morgan fingerprint density at radius 2 is 1.00 bits per heavy atom. The first-order valence-corrected chi connectivity index (χ1v) is 13.4. The average Bonchev–Trinajstić information content (AvgIpc) is 2.12. The van der Waals surface area contributed by atoms with E-state index in [1.807, 2.05) is 0 Å². The zero-order chi connectivity index (χ0) is 13.2. The van der Waals surface area contributed by atoms with Crippen LogP contribution >= 0.6 is 0 Å². The van der Waals surface area contributed by atoms with Crippen molar-refractivity contribution in [2.24, 2.45) is 0 Å². The molecule has 2 nitrogen and oxygen atoms in total. The van der Waals surface area contributed by atoms with E-state index in [9.17, 15) is 9.47 Å². The molecule has 0 spiro atoms. The van der Waals surface area contributed by atoms with Gasteiger partial charge in [-0.3, -0.25) is 0 Å². The summed E-state index contributed by atoms with van der Waals surface area (Å²) < 4.78 is 85.7. The summed E-state index contributed by atoms with van der Waals surface area (Å²) in [5, 5.41) is 0. The summed E-state index contributed by atoms with van der Waals surface area (Å²) in [5.74, 6) is 0. The Morgan fingerprint density at radius 3 is 1.00 bits per heavy atom. The van der Waals surface area contributed by atoms with Crippen molar-refractivity contribution in [1.29, 1.82) is 0 Å². The van der Waals surface area contributed by atoms with Gasteiger partial charge in [0.25, 0.3) is 0 Å². The molecule has 0 radical (unpaired) electrons. The summed E-state index contributed by atoms with van der Waals surface area (Å²) >= 11 is -10.6. The molecule has 78 valence electrons. The zero-order valence-corrected chi connectivity index (χ0v) is 22.6. The normalized spacial score (nSPS) is 4.79. The van der Waals surface area contributed by atoms with Crippen LogP contribution in [0.15, 0.2) is 0 Å². The minimum atomic E-state index is -5.22. The SMILES string of the molecule is [F][Ce]([F])[F].[F][La]([F])[F].[F][Y].[O]=[Ce].[O]=[La]. The molecule has 0 rings (SSSR count). The fourth-order valence-corrected chi connectivity index (χ4v) is 0. The van der Waals surface area contributed by atoms with E-state index in [0.29, 0.717) is 0 Å². The Bertz CT molecular complexity index is 58.1. The minimum absolute atomic E-state index is 0.0556. The summed E-state index contributed by atoms with van der Waals surface area (Å²) in [6, 6.07) is 0. The van der Waals surface area contributed by atoms with Gasteiger partial charge in [-0.15, -0.1) is 0 Å². The molecular weight excluding hydrogens is 812 g/mol. The Labute approximate surface area is 181 Å². The van der Waals surface area contributed by atoms with Gasteiger partial charge in [0, 0.05) is 0 Å². The Hall–Kier alpha value is 5.36. The molecule has 14 heteroatoms. The maximum absolute atomic E-state index is 9.89. The molecule has 0 atom stereocenters. The fraction of sp³-hybridized carbons (Fsp3) is 0. The van der Waals surface area contributed by atoms with E-state index >= 15 is 0 Å². The van der Waals surface area contributed by atoms with E-state index in [1.54, 1.807) is 0 Å². The van der Waals surface area contributed by atoms with Gasteiger partial charge < -0.3 is 0 Å². The van der Waals surface area contributed by atoms with Crippen molar-refractivity contribution in [2.45, 2.75) is 0 Å². The molecule has 0 aliphatic rings. The second kappa shape index (κ2) is 42.9. The van der Waals surface area contributed by atoms with Crippen LogP contribution in [0.2, 0.25) is 0 Å². The van der Waals surface area contributed by atoms with Gasteiger partial charge in [0.15, 0.2) is 0 Å². The summed E-state index contributed by atoms with van der Waals surface area (Å²) in [6.45, 7) is 0. The number of halogens is 7. The van der Waals surface area contributed by atoms with Gasteiger partial charge >= 0.3 is 188 Å². The first kappa shape index (κ1) is 31.6. The van der Waals surface area contributed by atoms with Crippen molar-refractivity contribution in [2.75, 3.05) is 0 Å². The maximum atomic E-state index is 9.89. The molecule has 0 heterocycles. The van der Waals surface area contributed by atoms with Crippen molar-refractivity contribution in [3.8, 4) is 0 Å². The third-order valence-electron chi connectivity index (χ3n) is 0. The molecule has 0 saturated carbocycles. The summed E-state index contributed by atoms with van der Waals surface area (Å²) in [5.41, 5.74) is 0. The summed E-state index contributed by atoms with van der Waals surface area (Å²) in [4.78, 5) is 0. The molecule has 0 unspecified atom stereocenters. The van der Waals surface area contributed by atoms with Crippen molar-refractivity contribution in [1.82, 2.24) is 0 Å². The molecule has 0 aliphatic carbocycles. The number of hydrogen-bond donors (Lipinski definition) is 0. The molecule has 0 aromatic carbocycles. The van der Waals surface area contributed by atoms with Crippen molar-refractivity contribution < 1.29 is 188 Å². The molecule has 0 aromatic heterocycles. The van der Waals surface area contributed by atoms with Gasteiger partial charge in [-0.2, -0.15) is 0 Å². The predicted molar refractivity (Wildman–Crippen MR) is 9.13 cm³/mol. The molecular formula is Ce2F7La2O2Y. The zero-order valence-electron chi connectivity index (χ0n) is 6.19. The standard InChI is InChI=1S/2Ce.7FH.2La.2O.Y/h;;7*1H;;;;;/q;+3;;;;;;;;;+3;;;+1/p-7. The van der Waals surface area contributed by atoms with Crippen LogP contribution in [0.4, 0.5) is 9.47 Å². The van der Waals surface area contributed by atoms with E-state index in [1.165, 1.54) is 0 Å². The van der Waals surface area contributed by atoms with Crippen LogP contribution in [0.3, 0.4) is 0 Å². The molecule has 0 saturated heterocycles. The molecule has 0 aromatic rings. The third-order valence-corrected chi connectivity index (χ3v) is 0. The molecule has 0 aliphatic heterocycles. The van der Waals surface area contributed by atoms with Gasteiger partial charge in [-0.1, -0.05) is 0 Å². The van der Waals surface area contributed by atoms with E-state index in [0.717, 1.165) is 0 Å². The Balaban J connectivity index is -0.0000000255. The Morgan fingerprint density at radius 1 is 1.00 bits per heavy atom. The van der Waals surface area contributed by atoms with E-state index in [-0.39, 0.29) is 105 Å². The fourth-order valence-electron chi connectivity index (χ4n) is 0. The van der Waals surface area contributed by atoms with Gasteiger partial charge in [0.1, 0.15) is 0 Å². The van der Waals surface area contributed by atoms with Crippen molar-refractivity contribution in [3.05, 3.63) is 0 Å². The van der Waals surface area contributed by atoms with E-state index < -0.39 is 70.2 Å². The predicted octanol–water partition coefficient (Wildman–Crippen LogP) is 2.70. The second-order valence-corrected chi connectivity index (χ2v) is 3.36. The number of hydrogen-bond acceptors (Lipinski definition) is 2. The van der Waals surface area contributed by atoms with Crippen LogP contribution in [0.1, 0.15) is 0 Å². The second-order valence-electron chi connectivity index (χ2n) is 0.462. The van der Waals surface area contributed by atoms with Crippen LogP contribution in [0.25, 0.3) is 0 Å². The first-order chi connectivity index (χ1) is 6.46. The van der Waals surface area contributed by atoms with Crippen molar-refractivity contribution in [3.63, 3.8) is 0 Å². The van der Waals surface area contributed by atoms with Crippen LogP contribution in [0.5, 0.6) is 0 Å². The first-order valence-electron chi connectivity index (χ1n) is 1.88. The summed E-state index contributed by atoms with van der Waals surface area (Å²) in [6.07, 6.45) is 0. The van der Waals surface area contributed by atoms with E-state index in [2.05, 4.69) is 0 Å². The summed E-state index contributed by atoms with van der Waals surface area (Å²) in [7, 11) is 0. The molecule has 0 N–H and O–H groups in total. The Kier molecular flexibility index (Phi) is 96.9. The van der Waals surface area contributed by atoms with Gasteiger partial charge in [-0.05, 0) is 0 Å². The topological polar surface area (TPSA) is 34.1 Å². The third kappa shape index (κ3) is 162. The molecule has 14 heavy (non-hydrogen) atoms. The number of rotatable bonds is 0. The van der Waals surface area contributed by atoms with E-state index in [4.69, 9.17) is 2.63 Å². The molecule has 0 amide bonds. The quantitative estimate of drug-likeness (QED) is 0.354. The van der Waals surface area contributed by atoms with Crippen LogP contribution in [-0.4, -0.2) is 0 Å². The van der Waals surface area contributed by atoms with Gasteiger partial charge in [-0.25, -0.2) is 0 Å². The van der Waals surface area contributed by atoms with Crippen LogP contribution in [0, 0.1) is 144 Å². The van der Waals surface area contributed by atoms with Crippen LogP contribution < -0.4 is 0 Å². The van der Waals surface area contributed by atoms with Gasteiger partial charge in [0.2, 0.25) is 0 Å². The van der Waals surface area contributed by atoms with Crippen molar-refractivity contribution >= 4 is 0 Å². The monoisotopic (exact) mass is 812 g/mol. The van der Waals surface area contributed by atoms with Crippen LogP contribution in [-0.2, 0) is 34.3 Å². The average molecular weight is 812 g/mol. The molecule has 0 bridgehead atoms.